The van der Waals surface area contributed by atoms with Crippen LogP contribution in [-0.2, 0) is 16.6 Å². The van der Waals surface area contributed by atoms with E-state index in [1.54, 1.807) is 26.0 Å². The van der Waals surface area contributed by atoms with Crippen LogP contribution in [0.4, 0.5) is 5.69 Å². The van der Waals surface area contributed by atoms with Gasteiger partial charge in [-0.2, -0.15) is 12.7 Å². The Morgan fingerprint density at radius 1 is 1.33 bits per heavy atom. The van der Waals surface area contributed by atoms with Gasteiger partial charge >= 0.3 is 16.2 Å². The molecule has 0 atom stereocenters. The van der Waals surface area contributed by atoms with Gasteiger partial charge in [0.15, 0.2) is 0 Å². The van der Waals surface area contributed by atoms with E-state index in [-0.39, 0.29) is 5.56 Å². The fraction of sp³-hybridized carbons (Fsp3) is 0.500. The molecule has 0 aliphatic carbocycles. The maximum absolute atomic E-state index is 12.7. The van der Waals surface area contributed by atoms with Crippen LogP contribution in [0.5, 0.6) is 0 Å². The first-order valence-corrected chi connectivity index (χ1v) is 8.46. The van der Waals surface area contributed by atoms with Crippen molar-refractivity contribution in [3.8, 4) is 0 Å². The molecule has 0 saturated carbocycles. The Labute approximate surface area is 125 Å². The predicted molar refractivity (Wildman–Crippen MR) is 80.9 cm³/mol. The first-order chi connectivity index (χ1) is 9.93. The number of carboxylic acids is 1. The summed E-state index contributed by atoms with van der Waals surface area (Å²) < 4.78 is 28.1. The molecule has 7 heteroatoms. The Kier molecular flexibility index (Phi) is 4.53. The lowest BCUT2D eigenvalue weighted by Crippen LogP contribution is -2.46. The molecule has 0 spiro atoms. The first-order valence-electron chi connectivity index (χ1n) is 7.06. The maximum Gasteiger partial charge on any atom is 0.336 e. The average molecular weight is 312 g/mol. The van der Waals surface area contributed by atoms with Crippen LogP contribution in [0.25, 0.3) is 0 Å². The molecule has 1 aromatic rings. The van der Waals surface area contributed by atoms with Crippen LogP contribution in [0, 0.1) is 0 Å². The van der Waals surface area contributed by atoms with Crippen LogP contribution >= 0.6 is 0 Å². The Morgan fingerprint density at radius 3 is 2.57 bits per heavy atom. The van der Waals surface area contributed by atoms with Gasteiger partial charge in [0.25, 0.3) is 0 Å². The molecule has 1 aliphatic rings. The molecule has 1 aromatic carbocycles. The summed E-state index contributed by atoms with van der Waals surface area (Å²) in [4.78, 5) is 11.3. The van der Waals surface area contributed by atoms with Gasteiger partial charge in [-0.3, -0.25) is 4.31 Å². The Balaban J connectivity index is 2.53. The van der Waals surface area contributed by atoms with Crippen molar-refractivity contribution in [3.63, 3.8) is 0 Å². The third-order valence-electron chi connectivity index (χ3n) is 3.75. The number of hydrogen-bond donors (Lipinski definition) is 1. The second kappa shape index (κ2) is 6.03. The quantitative estimate of drug-likeness (QED) is 0.898. The van der Waals surface area contributed by atoms with Gasteiger partial charge in [0, 0.05) is 19.6 Å². The number of fused-ring (bicyclic) bond motifs is 1. The van der Waals surface area contributed by atoms with Crippen molar-refractivity contribution in [2.45, 2.75) is 26.7 Å². The van der Waals surface area contributed by atoms with Gasteiger partial charge in [-0.25, -0.2) is 4.79 Å². The molecule has 116 valence electrons. The zero-order valence-electron chi connectivity index (χ0n) is 12.2. The van der Waals surface area contributed by atoms with Crippen molar-refractivity contribution in [2.24, 2.45) is 0 Å². The monoisotopic (exact) mass is 312 g/mol. The predicted octanol–water partition coefficient (Wildman–Crippen LogP) is 1.72. The number of rotatable bonds is 5. The number of carboxylic acid groups (broad SMARTS) is 1. The molecule has 1 heterocycles. The van der Waals surface area contributed by atoms with Crippen molar-refractivity contribution in [2.75, 3.05) is 23.9 Å². The van der Waals surface area contributed by atoms with Gasteiger partial charge in [-0.05, 0) is 30.5 Å². The lowest BCUT2D eigenvalue weighted by atomic mass is 9.98. The minimum absolute atomic E-state index is 0.187. The van der Waals surface area contributed by atoms with E-state index in [2.05, 4.69) is 0 Å². The Bertz CT molecular complexity index is 638. The molecule has 1 N–H and O–H groups in total. The number of nitrogens with zero attached hydrogens (tertiary/aromatic N) is 2. The summed E-state index contributed by atoms with van der Waals surface area (Å²) in [7, 11) is -3.61. The summed E-state index contributed by atoms with van der Waals surface area (Å²) in [5, 5.41) is 9.25. The van der Waals surface area contributed by atoms with Crippen molar-refractivity contribution >= 4 is 21.9 Å². The molecule has 0 aromatic heterocycles. The van der Waals surface area contributed by atoms with Crippen molar-refractivity contribution in [3.05, 3.63) is 29.3 Å². The van der Waals surface area contributed by atoms with Crippen molar-refractivity contribution in [1.82, 2.24) is 4.31 Å². The average Bonchev–Trinajstić information content (AvgIpc) is 2.46. The number of benzene rings is 1. The van der Waals surface area contributed by atoms with E-state index in [1.165, 1.54) is 14.7 Å². The minimum Gasteiger partial charge on any atom is -0.478 e. The zero-order chi connectivity index (χ0) is 15.6. The molecule has 0 radical (unpaired) electrons. The zero-order valence-corrected chi connectivity index (χ0v) is 13.1. The largest absolute Gasteiger partial charge is 0.478 e. The molecule has 0 bridgehead atoms. The van der Waals surface area contributed by atoms with Gasteiger partial charge < -0.3 is 5.11 Å². The number of hydrogen-bond acceptors (Lipinski definition) is 3. The molecule has 0 fully saturated rings. The van der Waals surface area contributed by atoms with E-state index in [1.807, 2.05) is 0 Å². The third kappa shape index (κ3) is 2.75. The highest BCUT2D eigenvalue weighted by Crippen LogP contribution is 2.32. The lowest BCUT2D eigenvalue weighted by molar-refractivity contribution is 0.0695. The second-order valence-electron chi connectivity index (χ2n) is 4.88. The normalized spacial score (nSPS) is 15.1. The first kappa shape index (κ1) is 15.8. The van der Waals surface area contributed by atoms with Crippen LogP contribution in [0.15, 0.2) is 18.2 Å². The van der Waals surface area contributed by atoms with E-state index < -0.39 is 16.2 Å². The molecule has 1 aliphatic heterocycles. The van der Waals surface area contributed by atoms with Gasteiger partial charge in [-0.1, -0.05) is 19.9 Å². The van der Waals surface area contributed by atoms with Gasteiger partial charge in [0.1, 0.15) is 0 Å². The summed E-state index contributed by atoms with van der Waals surface area (Å²) in [6.45, 7) is 4.75. The Morgan fingerprint density at radius 2 is 2.00 bits per heavy atom. The SMILES string of the molecule is CCN(CC)S(=O)(=O)N1CCCc2c(C(=O)O)cccc21. The van der Waals surface area contributed by atoms with Gasteiger partial charge in [0.2, 0.25) is 0 Å². The summed E-state index contributed by atoms with van der Waals surface area (Å²) in [5.74, 6) is -1.02. The molecule has 21 heavy (non-hydrogen) atoms. The van der Waals surface area contributed by atoms with E-state index in [4.69, 9.17) is 0 Å². The van der Waals surface area contributed by atoms with E-state index in [0.717, 1.165) is 0 Å². The third-order valence-corrected chi connectivity index (χ3v) is 5.85. The molecular weight excluding hydrogens is 292 g/mol. The van der Waals surface area contributed by atoms with E-state index in [9.17, 15) is 18.3 Å². The number of carbonyl (C=O) groups is 1. The lowest BCUT2D eigenvalue weighted by Gasteiger charge is -2.34. The summed E-state index contributed by atoms with van der Waals surface area (Å²) in [6.07, 6.45) is 1.21. The van der Waals surface area contributed by atoms with Crippen molar-refractivity contribution < 1.29 is 18.3 Å². The maximum atomic E-state index is 12.7. The van der Waals surface area contributed by atoms with Crippen LogP contribution in [0.3, 0.4) is 0 Å². The summed E-state index contributed by atoms with van der Waals surface area (Å²) in [6, 6.07) is 4.80. The highest BCUT2D eigenvalue weighted by atomic mass is 32.2. The molecular formula is C14H20N2O4S. The fourth-order valence-electron chi connectivity index (χ4n) is 2.72. The molecule has 0 saturated heterocycles. The molecule has 2 rings (SSSR count). The van der Waals surface area contributed by atoms with E-state index >= 15 is 0 Å². The smallest absolute Gasteiger partial charge is 0.336 e. The highest BCUT2D eigenvalue weighted by molar-refractivity contribution is 7.90. The van der Waals surface area contributed by atoms with Crippen LogP contribution in [0.1, 0.15) is 36.2 Å². The molecule has 0 unspecified atom stereocenters. The molecule has 0 amide bonds. The van der Waals surface area contributed by atoms with Crippen LogP contribution < -0.4 is 4.31 Å². The molecule has 6 nitrogen and oxygen atoms in total. The number of anilines is 1. The summed E-state index contributed by atoms with van der Waals surface area (Å²) in [5.41, 5.74) is 1.28. The van der Waals surface area contributed by atoms with Crippen LogP contribution in [-0.4, -0.2) is 43.4 Å². The number of aromatic carboxylic acids is 1. The second-order valence-corrected chi connectivity index (χ2v) is 6.73. The standard InChI is InChI=1S/C14H20N2O4S/c1-3-15(4-2)21(19,20)16-10-6-8-11-12(14(17)18)7-5-9-13(11)16/h5,7,9H,3-4,6,8,10H2,1-2H3,(H,17,18). The van der Waals surface area contributed by atoms with Crippen molar-refractivity contribution in [1.29, 1.82) is 0 Å². The highest BCUT2D eigenvalue weighted by Gasteiger charge is 2.32. The van der Waals surface area contributed by atoms with Gasteiger partial charge in [0.05, 0.1) is 11.3 Å². The minimum atomic E-state index is -3.61. The summed E-state index contributed by atoms with van der Waals surface area (Å²) >= 11 is 0. The van der Waals surface area contributed by atoms with E-state index in [0.29, 0.717) is 43.7 Å². The fourth-order valence-corrected chi connectivity index (χ4v) is 4.43. The Hall–Kier alpha value is -1.60. The topological polar surface area (TPSA) is 77.9 Å². The van der Waals surface area contributed by atoms with Crippen LogP contribution in [0.2, 0.25) is 0 Å². The van der Waals surface area contributed by atoms with Gasteiger partial charge in [-0.15, -0.1) is 0 Å².